The third kappa shape index (κ3) is 4.06. The van der Waals surface area contributed by atoms with Crippen LogP contribution < -0.4 is 10.5 Å². The predicted molar refractivity (Wildman–Crippen MR) is 84.6 cm³/mol. The van der Waals surface area contributed by atoms with Crippen LogP contribution in [-0.2, 0) is 0 Å². The lowest BCUT2D eigenvalue weighted by Crippen LogP contribution is -2.29. The molecule has 0 spiro atoms. The van der Waals surface area contributed by atoms with Gasteiger partial charge in [0, 0.05) is 10.5 Å². The molecular weight excluding hydrogens is 334 g/mol. The van der Waals surface area contributed by atoms with Crippen molar-refractivity contribution < 1.29 is 14.6 Å². The van der Waals surface area contributed by atoms with E-state index in [0.717, 1.165) is 10.0 Å². The zero-order valence-corrected chi connectivity index (χ0v) is 13.1. The molecule has 0 saturated heterocycles. The summed E-state index contributed by atoms with van der Waals surface area (Å²) >= 11 is 3.39. The number of hydrogen-bond acceptors (Lipinski definition) is 3. The van der Waals surface area contributed by atoms with Gasteiger partial charge in [0.05, 0.1) is 5.56 Å². The third-order valence-corrected chi connectivity index (χ3v) is 3.57. The minimum absolute atomic E-state index is 0.203. The van der Waals surface area contributed by atoms with Gasteiger partial charge >= 0.3 is 5.97 Å². The van der Waals surface area contributed by atoms with Crippen molar-refractivity contribution in [3.05, 3.63) is 64.1 Å². The van der Waals surface area contributed by atoms with Crippen LogP contribution in [0.3, 0.4) is 0 Å². The summed E-state index contributed by atoms with van der Waals surface area (Å²) in [5, 5.41) is 8.88. The molecule has 0 fully saturated rings. The molecular formula is C16H16BrNO3. The van der Waals surface area contributed by atoms with E-state index in [1.54, 1.807) is 12.1 Å². The lowest BCUT2D eigenvalue weighted by atomic mass is 10.0. The Labute approximate surface area is 131 Å². The van der Waals surface area contributed by atoms with E-state index in [1.807, 2.05) is 31.2 Å². The maximum Gasteiger partial charge on any atom is 0.335 e. The fraction of sp³-hybridized carbons (Fsp3) is 0.188. The number of benzene rings is 2. The first-order chi connectivity index (χ1) is 9.97. The Hall–Kier alpha value is -1.85. The normalized spacial score (nSPS) is 13.5. The van der Waals surface area contributed by atoms with E-state index in [1.165, 1.54) is 12.1 Å². The van der Waals surface area contributed by atoms with Crippen LogP contribution in [0.2, 0.25) is 0 Å². The van der Waals surface area contributed by atoms with E-state index < -0.39 is 5.97 Å². The molecule has 5 heteroatoms. The summed E-state index contributed by atoms with van der Waals surface area (Å²) in [6.45, 7) is 1.87. The molecule has 3 N–H and O–H groups in total. The maximum atomic E-state index is 10.8. The lowest BCUT2D eigenvalue weighted by Gasteiger charge is -2.23. The Kier molecular flexibility index (Phi) is 4.98. The van der Waals surface area contributed by atoms with Crippen molar-refractivity contribution in [1.29, 1.82) is 0 Å². The molecule has 0 heterocycles. The topological polar surface area (TPSA) is 72.5 Å². The fourth-order valence-electron chi connectivity index (χ4n) is 1.95. The molecule has 2 aromatic carbocycles. The first-order valence-corrected chi connectivity index (χ1v) is 7.27. The molecule has 0 bridgehead atoms. The summed E-state index contributed by atoms with van der Waals surface area (Å²) in [6, 6.07) is 13.9. The number of aromatic carboxylic acids is 1. The highest BCUT2D eigenvalue weighted by Crippen LogP contribution is 2.25. The highest BCUT2D eigenvalue weighted by molar-refractivity contribution is 9.10. The molecule has 0 unspecified atom stereocenters. The fourth-order valence-corrected chi connectivity index (χ4v) is 2.22. The zero-order valence-electron chi connectivity index (χ0n) is 11.5. The molecule has 21 heavy (non-hydrogen) atoms. The molecule has 0 radical (unpaired) electrons. The van der Waals surface area contributed by atoms with Crippen LogP contribution in [0, 0.1) is 0 Å². The van der Waals surface area contributed by atoms with Crippen molar-refractivity contribution >= 4 is 21.9 Å². The van der Waals surface area contributed by atoms with Crippen LogP contribution in [0.4, 0.5) is 0 Å². The van der Waals surface area contributed by atoms with E-state index in [4.69, 9.17) is 15.6 Å². The number of halogens is 1. The van der Waals surface area contributed by atoms with Gasteiger partial charge in [0.15, 0.2) is 0 Å². The second-order valence-corrected chi connectivity index (χ2v) is 5.69. The number of rotatable bonds is 5. The van der Waals surface area contributed by atoms with Crippen molar-refractivity contribution in [3.8, 4) is 5.75 Å². The van der Waals surface area contributed by atoms with Gasteiger partial charge < -0.3 is 15.6 Å². The summed E-state index contributed by atoms with van der Waals surface area (Å²) in [5.41, 5.74) is 7.20. The number of nitrogens with two attached hydrogens (primary N) is 1. The van der Waals surface area contributed by atoms with E-state index in [2.05, 4.69) is 15.9 Å². The lowest BCUT2D eigenvalue weighted by molar-refractivity contribution is 0.0697. The van der Waals surface area contributed by atoms with Crippen molar-refractivity contribution in [3.63, 3.8) is 0 Å². The highest BCUT2D eigenvalue weighted by Gasteiger charge is 2.18. The van der Waals surface area contributed by atoms with E-state index in [-0.39, 0.29) is 17.7 Å². The summed E-state index contributed by atoms with van der Waals surface area (Å²) in [6.07, 6.45) is -0.297. The molecule has 110 valence electrons. The molecule has 0 saturated carbocycles. The quantitative estimate of drug-likeness (QED) is 0.864. The average molecular weight is 350 g/mol. The van der Waals surface area contributed by atoms with Gasteiger partial charge in [-0.1, -0.05) is 28.1 Å². The van der Waals surface area contributed by atoms with Crippen LogP contribution in [0.5, 0.6) is 5.75 Å². The third-order valence-electron chi connectivity index (χ3n) is 3.04. The van der Waals surface area contributed by atoms with Gasteiger partial charge in [-0.25, -0.2) is 4.79 Å². The second-order valence-electron chi connectivity index (χ2n) is 4.78. The second kappa shape index (κ2) is 6.74. The number of carboxylic acids is 1. The largest absolute Gasteiger partial charge is 0.484 e. The number of carbonyl (C=O) groups is 1. The first-order valence-electron chi connectivity index (χ1n) is 6.48. The molecule has 2 aromatic rings. The van der Waals surface area contributed by atoms with E-state index in [9.17, 15) is 4.79 Å². The van der Waals surface area contributed by atoms with Gasteiger partial charge in [-0.15, -0.1) is 0 Å². The monoisotopic (exact) mass is 349 g/mol. The number of ether oxygens (including phenoxy) is 1. The number of carboxylic acid groups (broad SMARTS) is 1. The molecule has 0 aliphatic rings. The molecule has 0 aliphatic carbocycles. The Morgan fingerprint density at radius 3 is 2.19 bits per heavy atom. The van der Waals surface area contributed by atoms with Crippen LogP contribution in [-0.4, -0.2) is 17.1 Å². The van der Waals surface area contributed by atoms with Gasteiger partial charge in [0.25, 0.3) is 0 Å². The molecule has 0 aromatic heterocycles. The molecule has 0 aliphatic heterocycles. The summed E-state index contributed by atoms with van der Waals surface area (Å²) in [7, 11) is 0. The maximum absolute atomic E-state index is 10.8. The van der Waals surface area contributed by atoms with E-state index in [0.29, 0.717) is 5.75 Å². The molecule has 0 amide bonds. The average Bonchev–Trinajstić information content (AvgIpc) is 2.46. The molecule has 2 rings (SSSR count). The standard InChI is InChI=1S/C16H16BrNO3/c1-10(18)15(11-2-6-13(17)7-3-11)21-14-8-4-12(5-9-14)16(19)20/h2-10,15H,18H2,1H3,(H,19,20)/t10-,15-/m0/s1. The summed E-state index contributed by atoms with van der Waals surface area (Å²) in [5.74, 6) is -0.372. The van der Waals surface area contributed by atoms with Crippen molar-refractivity contribution in [2.45, 2.75) is 19.1 Å². The van der Waals surface area contributed by atoms with Gasteiger partial charge in [-0.05, 0) is 48.9 Å². The SMILES string of the molecule is C[C@H](N)[C@H](Oc1ccc(C(=O)O)cc1)c1ccc(Br)cc1. The highest BCUT2D eigenvalue weighted by atomic mass is 79.9. The van der Waals surface area contributed by atoms with Crippen molar-refractivity contribution in [2.24, 2.45) is 5.73 Å². The summed E-state index contributed by atoms with van der Waals surface area (Å²) < 4.78 is 6.89. The summed E-state index contributed by atoms with van der Waals surface area (Å²) in [4.78, 5) is 10.8. The zero-order chi connectivity index (χ0) is 15.4. The Bertz CT molecular complexity index is 608. The Morgan fingerprint density at radius 2 is 1.71 bits per heavy atom. The van der Waals surface area contributed by atoms with Crippen molar-refractivity contribution in [2.75, 3.05) is 0 Å². The van der Waals surface area contributed by atoms with Crippen LogP contribution in [0.15, 0.2) is 53.0 Å². The first kappa shape index (κ1) is 15.5. The molecule has 4 nitrogen and oxygen atoms in total. The van der Waals surface area contributed by atoms with Gasteiger partial charge in [-0.3, -0.25) is 0 Å². The Morgan fingerprint density at radius 1 is 1.14 bits per heavy atom. The Balaban J connectivity index is 2.20. The van der Waals surface area contributed by atoms with Gasteiger partial charge in [0.2, 0.25) is 0 Å². The van der Waals surface area contributed by atoms with E-state index >= 15 is 0 Å². The number of hydrogen-bond donors (Lipinski definition) is 2. The minimum Gasteiger partial charge on any atom is -0.484 e. The smallest absolute Gasteiger partial charge is 0.335 e. The minimum atomic E-state index is -0.960. The molecule has 2 atom stereocenters. The van der Waals surface area contributed by atoms with Crippen molar-refractivity contribution in [1.82, 2.24) is 0 Å². The van der Waals surface area contributed by atoms with Gasteiger partial charge in [0.1, 0.15) is 11.9 Å². The van der Waals surface area contributed by atoms with Crippen LogP contribution >= 0.6 is 15.9 Å². The predicted octanol–water partition coefficient (Wildman–Crippen LogP) is 3.61. The van der Waals surface area contributed by atoms with Crippen LogP contribution in [0.1, 0.15) is 28.9 Å². The van der Waals surface area contributed by atoms with Gasteiger partial charge in [-0.2, -0.15) is 0 Å². The van der Waals surface area contributed by atoms with Crippen LogP contribution in [0.25, 0.3) is 0 Å².